The molecule has 2 heterocycles. The average molecular weight is 206 g/mol. The van der Waals surface area contributed by atoms with E-state index in [9.17, 15) is 5.11 Å². The summed E-state index contributed by atoms with van der Waals surface area (Å²) in [5.74, 6) is 0. The Morgan fingerprint density at radius 2 is 2.20 bits per heavy atom. The minimum Gasteiger partial charge on any atom is -0.389 e. The molecule has 1 fully saturated rings. The van der Waals surface area contributed by atoms with E-state index in [0.29, 0.717) is 6.42 Å². The number of piperidine rings is 1. The zero-order chi connectivity index (χ0) is 10.7. The zero-order valence-electron chi connectivity index (χ0n) is 9.16. The highest BCUT2D eigenvalue weighted by molar-refractivity contribution is 5.19. The number of hydrogen-bond donors (Lipinski definition) is 2. The molecule has 3 heteroatoms. The van der Waals surface area contributed by atoms with Crippen LogP contribution in [0.3, 0.4) is 0 Å². The fraction of sp³-hybridized carbons (Fsp3) is 0.583. The van der Waals surface area contributed by atoms with E-state index in [1.54, 1.807) is 6.20 Å². The highest BCUT2D eigenvalue weighted by Gasteiger charge is 2.30. The smallest absolute Gasteiger partial charge is 0.0727 e. The Hall–Kier alpha value is -0.930. The van der Waals surface area contributed by atoms with Gasteiger partial charge in [-0.2, -0.15) is 0 Å². The van der Waals surface area contributed by atoms with Crippen molar-refractivity contribution in [1.29, 1.82) is 0 Å². The van der Waals surface area contributed by atoms with Gasteiger partial charge < -0.3 is 10.4 Å². The van der Waals surface area contributed by atoms with Gasteiger partial charge >= 0.3 is 0 Å². The van der Waals surface area contributed by atoms with E-state index < -0.39 is 5.60 Å². The lowest BCUT2D eigenvalue weighted by Crippen LogP contribution is -2.43. The summed E-state index contributed by atoms with van der Waals surface area (Å²) in [5, 5.41) is 13.6. The van der Waals surface area contributed by atoms with E-state index in [4.69, 9.17) is 0 Å². The quantitative estimate of drug-likeness (QED) is 0.760. The van der Waals surface area contributed by atoms with Gasteiger partial charge in [0.05, 0.1) is 5.60 Å². The number of aliphatic hydroxyl groups is 1. The second-order valence-electron chi connectivity index (χ2n) is 4.42. The fourth-order valence-electron chi connectivity index (χ4n) is 2.08. The summed E-state index contributed by atoms with van der Waals surface area (Å²) in [5.41, 5.74) is 1.65. The molecule has 1 aliphatic rings. The summed E-state index contributed by atoms with van der Waals surface area (Å²) in [7, 11) is 0. The summed E-state index contributed by atoms with van der Waals surface area (Å²) in [6.45, 7) is 3.86. The normalized spacial score (nSPS) is 20.1. The van der Waals surface area contributed by atoms with Gasteiger partial charge in [-0.3, -0.25) is 4.98 Å². The van der Waals surface area contributed by atoms with Crippen molar-refractivity contribution in [3.05, 3.63) is 29.6 Å². The number of nitrogens with zero attached hydrogens (tertiary/aromatic N) is 1. The minimum atomic E-state index is -0.551. The summed E-state index contributed by atoms with van der Waals surface area (Å²) in [6.07, 6.45) is 4.13. The lowest BCUT2D eigenvalue weighted by molar-refractivity contribution is 0.00988. The molecule has 0 aliphatic carbocycles. The molecule has 2 N–H and O–H groups in total. The molecule has 1 aromatic heterocycles. The topological polar surface area (TPSA) is 45.2 Å². The SMILES string of the molecule is Cc1cccnc1CC1(O)CCNCC1. The first kappa shape index (κ1) is 10.6. The molecule has 0 radical (unpaired) electrons. The Kier molecular flexibility index (Phi) is 3.03. The van der Waals surface area contributed by atoms with Gasteiger partial charge in [-0.15, -0.1) is 0 Å². The highest BCUT2D eigenvalue weighted by atomic mass is 16.3. The maximum atomic E-state index is 10.4. The van der Waals surface area contributed by atoms with Gasteiger partial charge in [0.25, 0.3) is 0 Å². The molecule has 1 saturated heterocycles. The van der Waals surface area contributed by atoms with Gasteiger partial charge in [0.1, 0.15) is 0 Å². The number of hydrogen-bond acceptors (Lipinski definition) is 3. The maximum absolute atomic E-state index is 10.4. The number of aromatic nitrogens is 1. The second kappa shape index (κ2) is 4.29. The Morgan fingerprint density at radius 3 is 2.87 bits per heavy atom. The highest BCUT2D eigenvalue weighted by Crippen LogP contribution is 2.23. The molecule has 1 aromatic rings. The largest absolute Gasteiger partial charge is 0.389 e. The van der Waals surface area contributed by atoms with E-state index in [1.165, 1.54) is 5.56 Å². The van der Waals surface area contributed by atoms with Crippen LogP contribution in [-0.4, -0.2) is 28.8 Å². The van der Waals surface area contributed by atoms with Crippen molar-refractivity contribution in [3.8, 4) is 0 Å². The number of rotatable bonds is 2. The first-order valence-electron chi connectivity index (χ1n) is 5.53. The summed E-state index contributed by atoms with van der Waals surface area (Å²) in [6, 6.07) is 3.98. The molecule has 1 aliphatic heterocycles. The van der Waals surface area contributed by atoms with Crippen molar-refractivity contribution in [2.24, 2.45) is 0 Å². The average Bonchev–Trinajstić information content (AvgIpc) is 2.22. The van der Waals surface area contributed by atoms with Gasteiger partial charge in [-0.05, 0) is 44.5 Å². The molecule has 0 aromatic carbocycles. The van der Waals surface area contributed by atoms with Crippen LogP contribution in [0.15, 0.2) is 18.3 Å². The predicted octanol–water partition coefficient (Wildman–Crippen LogP) is 1.05. The van der Waals surface area contributed by atoms with Crippen molar-refractivity contribution in [2.75, 3.05) is 13.1 Å². The molecule has 0 spiro atoms. The molecule has 0 amide bonds. The second-order valence-corrected chi connectivity index (χ2v) is 4.42. The van der Waals surface area contributed by atoms with Crippen LogP contribution in [0.25, 0.3) is 0 Å². The molecule has 2 rings (SSSR count). The van der Waals surface area contributed by atoms with E-state index in [2.05, 4.69) is 10.3 Å². The maximum Gasteiger partial charge on any atom is 0.0727 e. The van der Waals surface area contributed by atoms with Crippen molar-refractivity contribution in [3.63, 3.8) is 0 Å². The first-order chi connectivity index (χ1) is 7.20. The van der Waals surface area contributed by atoms with Crippen LogP contribution in [0.5, 0.6) is 0 Å². The molecule has 3 nitrogen and oxygen atoms in total. The van der Waals surface area contributed by atoms with Crippen LogP contribution in [0.1, 0.15) is 24.1 Å². The van der Waals surface area contributed by atoms with Crippen LogP contribution in [-0.2, 0) is 6.42 Å². The Morgan fingerprint density at radius 1 is 1.47 bits per heavy atom. The van der Waals surface area contributed by atoms with Gasteiger partial charge in [0, 0.05) is 18.3 Å². The van der Waals surface area contributed by atoms with Crippen LogP contribution in [0, 0.1) is 6.92 Å². The standard InChI is InChI=1S/C12H18N2O/c1-10-3-2-6-14-11(10)9-12(15)4-7-13-8-5-12/h2-3,6,13,15H,4-5,7-9H2,1H3. The Bertz CT molecular complexity index is 332. The summed E-state index contributed by atoms with van der Waals surface area (Å²) < 4.78 is 0. The lowest BCUT2D eigenvalue weighted by Gasteiger charge is -2.32. The van der Waals surface area contributed by atoms with E-state index in [-0.39, 0.29) is 0 Å². The van der Waals surface area contributed by atoms with E-state index in [0.717, 1.165) is 31.6 Å². The van der Waals surface area contributed by atoms with Gasteiger partial charge in [-0.25, -0.2) is 0 Å². The third-order valence-corrected chi connectivity index (χ3v) is 3.15. The van der Waals surface area contributed by atoms with Crippen molar-refractivity contribution in [1.82, 2.24) is 10.3 Å². The molecular formula is C12H18N2O. The van der Waals surface area contributed by atoms with E-state index in [1.807, 2.05) is 19.1 Å². The summed E-state index contributed by atoms with van der Waals surface area (Å²) >= 11 is 0. The third-order valence-electron chi connectivity index (χ3n) is 3.15. The lowest BCUT2D eigenvalue weighted by atomic mass is 9.87. The Labute approximate surface area is 90.5 Å². The van der Waals surface area contributed by atoms with Crippen LogP contribution in [0.4, 0.5) is 0 Å². The molecule has 82 valence electrons. The molecule has 0 bridgehead atoms. The van der Waals surface area contributed by atoms with Gasteiger partial charge in [-0.1, -0.05) is 6.07 Å². The van der Waals surface area contributed by atoms with Crippen molar-refractivity contribution < 1.29 is 5.11 Å². The number of aryl methyl sites for hydroxylation is 1. The predicted molar refractivity (Wildman–Crippen MR) is 59.7 cm³/mol. The molecule has 15 heavy (non-hydrogen) atoms. The first-order valence-corrected chi connectivity index (χ1v) is 5.53. The van der Waals surface area contributed by atoms with Crippen LogP contribution < -0.4 is 5.32 Å². The zero-order valence-corrected chi connectivity index (χ0v) is 9.16. The molecule has 0 saturated carbocycles. The molecule has 0 atom stereocenters. The third kappa shape index (κ3) is 2.55. The van der Waals surface area contributed by atoms with E-state index >= 15 is 0 Å². The number of pyridine rings is 1. The van der Waals surface area contributed by atoms with Crippen LogP contribution in [0.2, 0.25) is 0 Å². The monoisotopic (exact) mass is 206 g/mol. The molecular weight excluding hydrogens is 188 g/mol. The molecule has 0 unspecified atom stereocenters. The fourth-order valence-corrected chi connectivity index (χ4v) is 2.08. The van der Waals surface area contributed by atoms with Crippen molar-refractivity contribution >= 4 is 0 Å². The summed E-state index contributed by atoms with van der Waals surface area (Å²) in [4.78, 5) is 4.34. The minimum absolute atomic E-state index is 0.551. The van der Waals surface area contributed by atoms with Crippen molar-refractivity contribution in [2.45, 2.75) is 31.8 Å². The van der Waals surface area contributed by atoms with Gasteiger partial charge in [0.2, 0.25) is 0 Å². The number of nitrogens with one attached hydrogen (secondary N) is 1. The van der Waals surface area contributed by atoms with Crippen LogP contribution >= 0.6 is 0 Å². The Balaban J connectivity index is 2.10. The van der Waals surface area contributed by atoms with Gasteiger partial charge in [0.15, 0.2) is 0 Å².